The second-order valence-electron chi connectivity index (χ2n) is 15.0. The quantitative estimate of drug-likeness (QED) is 0.0201. The molecule has 1 unspecified atom stereocenters. The molecular formula is C55H84O6. The number of unbranched alkanes of at least 4 members (excludes halogenated alkanes) is 10. The lowest BCUT2D eigenvalue weighted by Crippen LogP contribution is -2.30. The van der Waals surface area contributed by atoms with E-state index in [0.29, 0.717) is 12.8 Å². The van der Waals surface area contributed by atoms with E-state index in [1.54, 1.807) is 6.08 Å². The maximum Gasteiger partial charge on any atom is 0.309 e. The van der Waals surface area contributed by atoms with Crippen molar-refractivity contribution in [2.75, 3.05) is 13.2 Å². The van der Waals surface area contributed by atoms with Crippen molar-refractivity contribution in [3.05, 3.63) is 134 Å². The number of esters is 3. The monoisotopic (exact) mass is 841 g/mol. The van der Waals surface area contributed by atoms with E-state index in [1.807, 2.05) is 18.2 Å². The highest BCUT2D eigenvalue weighted by Gasteiger charge is 2.19. The molecule has 6 heteroatoms. The van der Waals surface area contributed by atoms with E-state index in [-0.39, 0.29) is 32.0 Å². The minimum atomic E-state index is -0.865. The van der Waals surface area contributed by atoms with E-state index in [0.717, 1.165) is 96.3 Å². The molecule has 0 aromatic rings. The number of hydrogen-bond acceptors (Lipinski definition) is 6. The van der Waals surface area contributed by atoms with Gasteiger partial charge in [-0.1, -0.05) is 199 Å². The predicted molar refractivity (Wildman–Crippen MR) is 260 cm³/mol. The van der Waals surface area contributed by atoms with Crippen molar-refractivity contribution in [3.8, 4) is 0 Å². The first-order valence-electron chi connectivity index (χ1n) is 23.7. The maximum atomic E-state index is 12.7. The molecule has 0 rings (SSSR count). The zero-order valence-corrected chi connectivity index (χ0v) is 38.6. The summed E-state index contributed by atoms with van der Waals surface area (Å²) in [6.45, 7) is 6.17. The van der Waals surface area contributed by atoms with Crippen LogP contribution in [0.4, 0.5) is 0 Å². The Hall–Kier alpha value is -4.45. The van der Waals surface area contributed by atoms with Crippen LogP contribution < -0.4 is 0 Å². The molecule has 61 heavy (non-hydrogen) atoms. The topological polar surface area (TPSA) is 78.9 Å². The molecule has 0 saturated heterocycles. The average Bonchev–Trinajstić information content (AvgIpc) is 3.26. The molecule has 0 radical (unpaired) electrons. The van der Waals surface area contributed by atoms with Crippen molar-refractivity contribution in [2.45, 2.75) is 181 Å². The number of rotatable bonds is 40. The number of carbonyl (C=O) groups is 3. The van der Waals surface area contributed by atoms with E-state index in [4.69, 9.17) is 14.2 Å². The number of hydrogen-bond donors (Lipinski definition) is 0. The summed E-state index contributed by atoms with van der Waals surface area (Å²) in [4.78, 5) is 37.7. The fraction of sp³-hybridized carbons (Fsp3) is 0.545. The van der Waals surface area contributed by atoms with Crippen LogP contribution in [0, 0.1) is 0 Å². The van der Waals surface area contributed by atoms with Crippen LogP contribution in [0.2, 0.25) is 0 Å². The lowest BCUT2D eigenvalue weighted by atomic mass is 10.1. The van der Waals surface area contributed by atoms with Crippen LogP contribution in [0.1, 0.15) is 175 Å². The second-order valence-corrected chi connectivity index (χ2v) is 15.0. The minimum absolute atomic E-state index is 0.110. The summed E-state index contributed by atoms with van der Waals surface area (Å²) >= 11 is 0. The van der Waals surface area contributed by atoms with Crippen LogP contribution in [0.3, 0.4) is 0 Å². The molecule has 0 aliphatic rings. The normalized spacial score (nSPS) is 13.3. The van der Waals surface area contributed by atoms with Gasteiger partial charge in [-0.2, -0.15) is 0 Å². The Labute approximate surface area is 373 Å². The Morgan fingerprint density at radius 3 is 1.31 bits per heavy atom. The van der Waals surface area contributed by atoms with Gasteiger partial charge < -0.3 is 14.2 Å². The van der Waals surface area contributed by atoms with Crippen LogP contribution in [0.25, 0.3) is 0 Å². The van der Waals surface area contributed by atoms with Crippen molar-refractivity contribution in [3.63, 3.8) is 0 Å². The van der Waals surface area contributed by atoms with Gasteiger partial charge in [0.25, 0.3) is 0 Å². The van der Waals surface area contributed by atoms with Crippen LogP contribution in [0.15, 0.2) is 134 Å². The third-order valence-corrected chi connectivity index (χ3v) is 9.23. The van der Waals surface area contributed by atoms with Gasteiger partial charge in [0.2, 0.25) is 0 Å². The van der Waals surface area contributed by atoms with E-state index in [1.165, 1.54) is 32.1 Å². The minimum Gasteiger partial charge on any atom is -0.462 e. The zero-order valence-electron chi connectivity index (χ0n) is 38.6. The van der Waals surface area contributed by atoms with Gasteiger partial charge in [0.15, 0.2) is 6.10 Å². The summed E-state index contributed by atoms with van der Waals surface area (Å²) in [5.41, 5.74) is 0. The zero-order chi connectivity index (χ0) is 44.4. The Balaban J connectivity index is 4.58. The maximum absolute atomic E-state index is 12.7. The smallest absolute Gasteiger partial charge is 0.309 e. The average molecular weight is 841 g/mol. The fourth-order valence-corrected chi connectivity index (χ4v) is 5.73. The first-order chi connectivity index (χ1) is 30.0. The van der Waals surface area contributed by atoms with Gasteiger partial charge in [0.1, 0.15) is 13.2 Å². The van der Waals surface area contributed by atoms with Crippen LogP contribution in [0.5, 0.6) is 0 Å². The van der Waals surface area contributed by atoms with Crippen molar-refractivity contribution < 1.29 is 28.6 Å². The van der Waals surface area contributed by atoms with Crippen molar-refractivity contribution in [1.29, 1.82) is 0 Å². The van der Waals surface area contributed by atoms with Gasteiger partial charge in [-0.05, 0) is 89.9 Å². The first kappa shape index (κ1) is 56.5. The van der Waals surface area contributed by atoms with Crippen molar-refractivity contribution in [1.82, 2.24) is 0 Å². The van der Waals surface area contributed by atoms with Gasteiger partial charge in [-0.25, -0.2) is 0 Å². The van der Waals surface area contributed by atoms with Gasteiger partial charge in [0.05, 0.1) is 6.42 Å². The molecular weight excluding hydrogens is 757 g/mol. The third-order valence-electron chi connectivity index (χ3n) is 9.23. The van der Waals surface area contributed by atoms with Crippen LogP contribution in [-0.2, 0) is 28.6 Å². The molecule has 0 bridgehead atoms. The highest BCUT2D eigenvalue weighted by atomic mass is 16.6. The molecule has 0 aromatic carbocycles. The highest BCUT2D eigenvalue weighted by Crippen LogP contribution is 2.10. The molecule has 0 saturated carbocycles. The summed E-state index contributed by atoms with van der Waals surface area (Å²) in [5, 5.41) is 0. The molecule has 1 atom stereocenters. The van der Waals surface area contributed by atoms with Gasteiger partial charge in [0, 0.05) is 12.8 Å². The molecule has 340 valence electrons. The number of allylic oxidation sites excluding steroid dienone is 21. The molecule has 6 nitrogen and oxygen atoms in total. The van der Waals surface area contributed by atoms with E-state index in [9.17, 15) is 14.4 Å². The molecule has 0 amide bonds. The summed E-state index contributed by atoms with van der Waals surface area (Å²) in [5.74, 6) is -1.20. The summed E-state index contributed by atoms with van der Waals surface area (Å²) in [7, 11) is 0. The van der Waals surface area contributed by atoms with E-state index >= 15 is 0 Å². The van der Waals surface area contributed by atoms with Gasteiger partial charge in [-0.15, -0.1) is 0 Å². The Morgan fingerprint density at radius 2 is 0.803 bits per heavy atom. The Bertz CT molecular complexity index is 1380. The molecule has 0 fully saturated rings. The van der Waals surface area contributed by atoms with Crippen molar-refractivity contribution >= 4 is 17.9 Å². The summed E-state index contributed by atoms with van der Waals surface area (Å²) < 4.78 is 16.5. The molecule has 0 N–H and O–H groups in total. The van der Waals surface area contributed by atoms with Crippen LogP contribution in [-0.4, -0.2) is 37.2 Å². The SMILES string of the molecule is CC/C=C\C/C=C\C/C=C\C/C=C\C/C=C\CCC(=O)OC(COC(=O)C/C=C\C/C=C\C/C=C\CC)COC(=O)CCCCCCC\C=C/C=C\C=C/CCCCCCC. The standard InChI is InChI=1S/C55H84O6/c1-4-7-10-13-16-19-21-23-25-27-28-30-31-33-36-39-42-45-48-54(57)60-51-52(50-59-53(56)47-44-41-38-35-18-15-12-9-6-3)61-55(58)49-46-43-40-37-34-32-29-26-24-22-20-17-14-11-8-5-2/h8-9,11-12,17-18,20-21,23-28,30,32,34-35,40-41,43-44,52H,4-7,10,13-16,19,22,29,31,33,36-39,42,45-51H2,1-3H3/b11-8-,12-9-,20-17-,23-21-,26-24-,27-25-,30-28-,34-32-,35-18-,43-40-,44-41-. The Morgan fingerprint density at radius 1 is 0.377 bits per heavy atom. The largest absolute Gasteiger partial charge is 0.462 e. The lowest BCUT2D eigenvalue weighted by molar-refractivity contribution is -0.166. The van der Waals surface area contributed by atoms with Crippen LogP contribution >= 0.6 is 0 Å². The summed E-state index contributed by atoms with van der Waals surface area (Å²) in [6, 6.07) is 0. The predicted octanol–water partition coefficient (Wildman–Crippen LogP) is 15.5. The molecule has 0 aliphatic heterocycles. The third kappa shape index (κ3) is 46.5. The fourth-order valence-electron chi connectivity index (χ4n) is 5.73. The van der Waals surface area contributed by atoms with E-state index in [2.05, 4.69) is 130 Å². The van der Waals surface area contributed by atoms with Gasteiger partial charge >= 0.3 is 17.9 Å². The number of carbonyl (C=O) groups excluding carboxylic acids is 3. The first-order valence-corrected chi connectivity index (χ1v) is 23.7. The second kappa shape index (κ2) is 48.2. The molecule has 0 aromatic heterocycles. The molecule has 0 aliphatic carbocycles. The Kier molecular flexibility index (Phi) is 44.7. The van der Waals surface area contributed by atoms with E-state index < -0.39 is 18.0 Å². The summed E-state index contributed by atoms with van der Waals surface area (Å²) in [6.07, 6.45) is 67.7. The molecule has 0 heterocycles. The van der Waals surface area contributed by atoms with Gasteiger partial charge in [-0.3, -0.25) is 14.4 Å². The number of ether oxygens (including phenoxy) is 3. The highest BCUT2D eigenvalue weighted by molar-refractivity contribution is 5.72. The van der Waals surface area contributed by atoms with Crippen molar-refractivity contribution in [2.24, 2.45) is 0 Å². The lowest BCUT2D eigenvalue weighted by Gasteiger charge is -2.18. The molecule has 0 spiro atoms.